The minimum atomic E-state index is -2.07. The highest BCUT2D eigenvalue weighted by atomic mass is 16.5. The number of ether oxygens (including phenoxy) is 2. The summed E-state index contributed by atoms with van der Waals surface area (Å²) in [6.45, 7) is 1.51. The van der Waals surface area contributed by atoms with Gasteiger partial charge in [0.2, 0.25) is 0 Å². The zero-order valence-electron chi connectivity index (χ0n) is 15.7. The van der Waals surface area contributed by atoms with E-state index < -0.39 is 29.7 Å². The van der Waals surface area contributed by atoms with Crippen LogP contribution >= 0.6 is 0 Å². The molecule has 28 heavy (non-hydrogen) atoms. The van der Waals surface area contributed by atoms with Crippen LogP contribution in [0.4, 0.5) is 5.69 Å². The minimum Gasteiger partial charge on any atom is -0.496 e. The Morgan fingerprint density at radius 1 is 1.11 bits per heavy atom. The number of esters is 1. The van der Waals surface area contributed by atoms with Gasteiger partial charge in [0.25, 0.3) is 5.91 Å². The van der Waals surface area contributed by atoms with Gasteiger partial charge < -0.3 is 14.6 Å². The van der Waals surface area contributed by atoms with Gasteiger partial charge in [0.1, 0.15) is 12.3 Å². The lowest BCUT2D eigenvalue weighted by Crippen LogP contribution is -2.44. The second-order valence-corrected chi connectivity index (χ2v) is 6.37. The second kappa shape index (κ2) is 7.82. The zero-order chi connectivity index (χ0) is 20.3. The smallest absolute Gasteiger partial charge is 0.326 e. The number of benzene rings is 2. The highest BCUT2D eigenvalue weighted by Gasteiger charge is 2.51. The molecule has 0 bridgehead atoms. The molecule has 1 heterocycles. The summed E-state index contributed by atoms with van der Waals surface area (Å²) in [5, 5.41) is 11.2. The maximum absolute atomic E-state index is 13.0. The van der Waals surface area contributed by atoms with Crippen LogP contribution in [-0.2, 0) is 19.9 Å². The number of anilines is 1. The van der Waals surface area contributed by atoms with Gasteiger partial charge in [-0.3, -0.25) is 19.3 Å². The summed E-state index contributed by atoms with van der Waals surface area (Å²) in [6.07, 6.45) is -0.470. The molecule has 146 valence electrons. The average Bonchev–Trinajstić information content (AvgIpc) is 2.90. The Morgan fingerprint density at radius 3 is 2.50 bits per heavy atom. The second-order valence-electron chi connectivity index (χ2n) is 6.37. The van der Waals surface area contributed by atoms with Crippen molar-refractivity contribution in [2.45, 2.75) is 18.9 Å². The van der Waals surface area contributed by atoms with Crippen molar-refractivity contribution in [3.63, 3.8) is 0 Å². The van der Waals surface area contributed by atoms with Gasteiger partial charge in [-0.2, -0.15) is 0 Å². The molecule has 7 heteroatoms. The highest BCUT2D eigenvalue weighted by Crippen LogP contribution is 2.43. The first-order valence-electron chi connectivity index (χ1n) is 8.88. The fourth-order valence-electron chi connectivity index (χ4n) is 3.37. The number of carbonyl (C=O) groups excluding carboxylic acids is 3. The molecular formula is C21H21NO6. The molecule has 0 radical (unpaired) electrons. The van der Waals surface area contributed by atoms with Crippen molar-refractivity contribution < 1.29 is 29.0 Å². The predicted molar refractivity (Wildman–Crippen MR) is 101 cm³/mol. The normalized spacial score (nSPS) is 18.0. The maximum Gasteiger partial charge on any atom is 0.326 e. The lowest BCUT2D eigenvalue weighted by Gasteiger charge is -2.22. The fraction of sp³-hybridized carbons (Fsp3) is 0.286. The fourth-order valence-corrected chi connectivity index (χ4v) is 3.37. The van der Waals surface area contributed by atoms with Gasteiger partial charge >= 0.3 is 5.97 Å². The molecule has 0 saturated heterocycles. The van der Waals surface area contributed by atoms with E-state index in [4.69, 9.17) is 9.47 Å². The third kappa shape index (κ3) is 3.36. The van der Waals surface area contributed by atoms with Gasteiger partial charge in [-0.25, -0.2) is 0 Å². The summed E-state index contributed by atoms with van der Waals surface area (Å²) in [4.78, 5) is 39.0. The van der Waals surface area contributed by atoms with Crippen LogP contribution in [0.5, 0.6) is 5.75 Å². The van der Waals surface area contributed by atoms with Crippen LogP contribution < -0.4 is 9.64 Å². The third-order valence-corrected chi connectivity index (χ3v) is 4.66. The standard InChI is InChI=1S/C21H21NO6/c1-3-28-19(24)13-22-16-10-6-5-9-15(16)21(26,20(22)25)12-17(23)14-8-4-7-11-18(14)27-2/h4-11,26H,3,12-13H2,1-2H3/t21-/m1/s1. The third-order valence-electron chi connectivity index (χ3n) is 4.66. The average molecular weight is 383 g/mol. The van der Waals surface area contributed by atoms with Crippen molar-refractivity contribution in [1.82, 2.24) is 0 Å². The lowest BCUT2D eigenvalue weighted by atomic mass is 9.88. The van der Waals surface area contributed by atoms with Crippen molar-refractivity contribution in [3.05, 3.63) is 59.7 Å². The quantitative estimate of drug-likeness (QED) is 0.581. The number of hydrogen-bond donors (Lipinski definition) is 1. The molecule has 2 aromatic rings. The van der Waals surface area contributed by atoms with Crippen LogP contribution in [0.2, 0.25) is 0 Å². The number of methoxy groups -OCH3 is 1. The monoisotopic (exact) mass is 383 g/mol. The number of Topliss-reactive ketones (excluding diaryl/α,β-unsaturated/α-hetero) is 1. The van der Waals surface area contributed by atoms with Crippen LogP contribution in [-0.4, -0.2) is 43.0 Å². The first-order valence-corrected chi connectivity index (χ1v) is 8.88. The Labute approximate surface area is 162 Å². The number of nitrogens with zero attached hydrogens (tertiary/aromatic N) is 1. The van der Waals surface area contributed by atoms with E-state index in [1.54, 1.807) is 55.5 Å². The van der Waals surface area contributed by atoms with E-state index in [2.05, 4.69) is 0 Å². The van der Waals surface area contributed by atoms with Crippen LogP contribution in [0.15, 0.2) is 48.5 Å². The van der Waals surface area contributed by atoms with E-state index in [1.807, 2.05) is 0 Å². The van der Waals surface area contributed by atoms with Crippen LogP contribution in [0, 0.1) is 0 Å². The molecule has 3 rings (SSSR count). The van der Waals surface area contributed by atoms with Gasteiger partial charge in [0.05, 0.1) is 31.4 Å². The Hall–Kier alpha value is -3.19. The summed E-state index contributed by atoms with van der Waals surface area (Å²) in [7, 11) is 1.44. The molecule has 1 aliphatic rings. The van der Waals surface area contributed by atoms with Crippen molar-refractivity contribution in [1.29, 1.82) is 0 Å². The van der Waals surface area contributed by atoms with Gasteiger partial charge in [0.15, 0.2) is 11.4 Å². The van der Waals surface area contributed by atoms with Gasteiger partial charge in [-0.15, -0.1) is 0 Å². The SMILES string of the molecule is CCOC(=O)CN1C(=O)[C@@](O)(CC(=O)c2ccccc2OC)c2ccccc21. The van der Waals surface area contributed by atoms with Crippen molar-refractivity contribution in [2.75, 3.05) is 25.2 Å². The van der Waals surface area contributed by atoms with Crippen molar-refractivity contribution in [2.24, 2.45) is 0 Å². The van der Waals surface area contributed by atoms with Crippen molar-refractivity contribution in [3.8, 4) is 5.75 Å². The molecule has 0 aliphatic carbocycles. The highest BCUT2D eigenvalue weighted by molar-refractivity contribution is 6.12. The summed E-state index contributed by atoms with van der Waals surface area (Å²) < 4.78 is 10.1. The number of hydrogen-bond acceptors (Lipinski definition) is 6. The number of para-hydroxylation sites is 2. The summed E-state index contributed by atoms with van der Waals surface area (Å²) in [5.41, 5.74) is -1.13. The van der Waals surface area contributed by atoms with E-state index in [0.29, 0.717) is 11.4 Å². The van der Waals surface area contributed by atoms with Crippen LogP contribution in [0.25, 0.3) is 0 Å². The Bertz CT molecular complexity index is 925. The maximum atomic E-state index is 13.0. The molecular weight excluding hydrogens is 362 g/mol. The molecule has 0 fully saturated rings. The zero-order valence-corrected chi connectivity index (χ0v) is 15.7. The Morgan fingerprint density at radius 2 is 1.79 bits per heavy atom. The molecule has 0 saturated carbocycles. The van der Waals surface area contributed by atoms with Crippen molar-refractivity contribution >= 4 is 23.3 Å². The van der Waals surface area contributed by atoms with Crippen LogP contribution in [0.1, 0.15) is 29.3 Å². The number of aliphatic hydroxyl groups is 1. The van der Waals surface area contributed by atoms with Gasteiger partial charge in [-0.05, 0) is 25.1 Å². The molecule has 0 unspecified atom stereocenters. The molecule has 1 aliphatic heterocycles. The number of fused-ring (bicyclic) bond motifs is 1. The Kier molecular flexibility index (Phi) is 5.46. The van der Waals surface area contributed by atoms with E-state index in [0.717, 1.165) is 4.90 Å². The Balaban J connectivity index is 1.95. The van der Waals surface area contributed by atoms with Gasteiger partial charge in [0, 0.05) is 5.56 Å². The van der Waals surface area contributed by atoms with Crippen LogP contribution in [0.3, 0.4) is 0 Å². The topological polar surface area (TPSA) is 93.1 Å². The molecule has 1 amide bonds. The molecule has 7 nitrogen and oxygen atoms in total. The summed E-state index contributed by atoms with van der Waals surface area (Å²) >= 11 is 0. The first kappa shape index (κ1) is 19.6. The largest absolute Gasteiger partial charge is 0.496 e. The number of rotatable bonds is 7. The number of ketones is 1. The summed E-state index contributed by atoms with van der Waals surface area (Å²) in [5.74, 6) is -1.41. The summed E-state index contributed by atoms with van der Waals surface area (Å²) in [6, 6.07) is 13.2. The predicted octanol–water partition coefficient (Wildman–Crippen LogP) is 2.07. The lowest BCUT2D eigenvalue weighted by molar-refractivity contribution is -0.144. The van der Waals surface area contributed by atoms with E-state index in [1.165, 1.54) is 7.11 Å². The number of carbonyl (C=O) groups is 3. The first-order chi connectivity index (χ1) is 13.4. The molecule has 1 N–H and O–H groups in total. The molecule has 0 aromatic heterocycles. The van der Waals surface area contributed by atoms with E-state index in [9.17, 15) is 19.5 Å². The molecule has 2 aromatic carbocycles. The van der Waals surface area contributed by atoms with Gasteiger partial charge in [-0.1, -0.05) is 30.3 Å². The van der Waals surface area contributed by atoms with E-state index in [-0.39, 0.29) is 24.3 Å². The molecule has 1 atom stereocenters. The van der Waals surface area contributed by atoms with E-state index >= 15 is 0 Å². The molecule has 0 spiro atoms. The number of amides is 1. The minimum absolute atomic E-state index is 0.180.